The van der Waals surface area contributed by atoms with E-state index >= 15 is 0 Å². The normalized spacial score (nSPS) is 25.1. The summed E-state index contributed by atoms with van der Waals surface area (Å²) in [5.74, 6) is -0.356. The number of hydrogen-bond acceptors (Lipinski definition) is 8. The number of hydrogen-bond donors (Lipinski definition) is 1. The number of nitrogens with two attached hydrogens (primary N) is 1. The third-order valence-corrected chi connectivity index (χ3v) is 7.47. The summed E-state index contributed by atoms with van der Waals surface area (Å²) in [5.41, 5.74) is 5.35. The molecule has 0 bridgehead atoms. The van der Waals surface area contributed by atoms with Crippen LogP contribution in [0.25, 0.3) is 0 Å². The van der Waals surface area contributed by atoms with Gasteiger partial charge in [0.25, 0.3) is 10.0 Å². The number of aromatic nitrogens is 2. The van der Waals surface area contributed by atoms with Crippen molar-refractivity contribution >= 4 is 36.3 Å². The van der Waals surface area contributed by atoms with Crippen molar-refractivity contribution in [1.29, 1.82) is 0 Å². The summed E-state index contributed by atoms with van der Waals surface area (Å²) in [6.45, 7) is 1.49. The van der Waals surface area contributed by atoms with Gasteiger partial charge in [0.15, 0.2) is 9.84 Å². The zero-order chi connectivity index (χ0) is 13.6. The number of nitrogen functional groups attached to an aromatic ring is 1. The average Bonchev–Trinajstić information content (AvgIpc) is 2.63. The van der Waals surface area contributed by atoms with E-state index in [1.165, 1.54) is 0 Å². The highest BCUT2D eigenvalue weighted by atomic mass is 32.2. The first-order chi connectivity index (χ1) is 8.22. The van der Waals surface area contributed by atoms with Crippen LogP contribution in [-0.2, 0) is 19.9 Å². The molecule has 2 heterocycles. The van der Waals surface area contributed by atoms with Gasteiger partial charge in [0.2, 0.25) is 9.47 Å². The Hall–Kier alpha value is -0.780. The van der Waals surface area contributed by atoms with E-state index in [9.17, 15) is 16.8 Å². The molecule has 1 saturated heterocycles. The lowest BCUT2D eigenvalue weighted by atomic mass is 10.4. The predicted molar refractivity (Wildman–Crippen MR) is 66.3 cm³/mol. The minimum atomic E-state index is -3.81. The van der Waals surface area contributed by atoms with Gasteiger partial charge in [0.05, 0.1) is 11.5 Å². The SMILES string of the molecule is CC1CS(=O)(=O)CCN1S(=O)(=O)c1nnc(N)s1. The Morgan fingerprint density at radius 1 is 1.44 bits per heavy atom. The van der Waals surface area contributed by atoms with Gasteiger partial charge in [-0.2, -0.15) is 4.31 Å². The molecule has 2 rings (SSSR count). The van der Waals surface area contributed by atoms with E-state index < -0.39 is 25.9 Å². The molecule has 1 atom stereocenters. The van der Waals surface area contributed by atoms with Crippen LogP contribution in [0.5, 0.6) is 0 Å². The molecule has 2 N–H and O–H groups in total. The Morgan fingerprint density at radius 2 is 2.11 bits per heavy atom. The molecule has 1 unspecified atom stereocenters. The Bertz CT molecular complexity index is 650. The predicted octanol–water partition coefficient (Wildman–Crippen LogP) is -1.07. The van der Waals surface area contributed by atoms with Crippen LogP contribution in [0.2, 0.25) is 0 Å². The Labute approximate surface area is 109 Å². The average molecular weight is 312 g/mol. The van der Waals surface area contributed by atoms with Crippen LogP contribution in [0.15, 0.2) is 4.34 Å². The zero-order valence-corrected chi connectivity index (χ0v) is 11.9. The third kappa shape index (κ3) is 2.48. The lowest BCUT2D eigenvalue weighted by molar-refractivity contribution is 0.356. The van der Waals surface area contributed by atoms with Gasteiger partial charge in [-0.25, -0.2) is 16.8 Å². The highest BCUT2D eigenvalue weighted by molar-refractivity contribution is 7.92. The maximum atomic E-state index is 12.2. The molecule has 0 saturated carbocycles. The molecule has 0 spiro atoms. The number of sulfone groups is 1. The first-order valence-corrected chi connectivity index (χ1v) is 9.11. The molecule has 1 aliphatic rings. The maximum Gasteiger partial charge on any atom is 0.272 e. The van der Waals surface area contributed by atoms with Crippen molar-refractivity contribution in [3.63, 3.8) is 0 Å². The summed E-state index contributed by atoms with van der Waals surface area (Å²) in [6.07, 6.45) is 0. The molecule has 0 aliphatic carbocycles. The van der Waals surface area contributed by atoms with Gasteiger partial charge >= 0.3 is 0 Å². The lowest BCUT2D eigenvalue weighted by Gasteiger charge is -2.30. The van der Waals surface area contributed by atoms with Crippen LogP contribution in [0, 0.1) is 0 Å². The van der Waals surface area contributed by atoms with Crippen LogP contribution in [-0.4, -0.2) is 55.4 Å². The Morgan fingerprint density at radius 3 is 2.61 bits per heavy atom. The summed E-state index contributed by atoms with van der Waals surface area (Å²) in [6, 6.07) is -0.612. The van der Waals surface area contributed by atoms with Crippen LogP contribution < -0.4 is 5.73 Å². The van der Waals surface area contributed by atoms with Gasteiger partial charge in [-0.05, 0) is 6.92 Å². The van der Waals surface area contributed by atoms with Crippen LogP contribution >= 0.6 is 11.3 Å². The molecular weight excluding hydrogens is 300 g/mol. The van der Waals surface area contributed by atoms with Gasteiger partial charge < -0.3 is 5.73 Å². The monoisotopic (exact) mass is 312 g/mol. The standard InChI is InChI=1S/C7H12N4O4S3/c1-5-4-17(12,13)3-2-11(5)18(14,15)7-10-9-6(8)16-7/h5H,2-4H2,1H3,(H2,8,9). The number of anilines is 1. The molecule has 0 radical (unpaired) electrons. The van der Waals surface area contributed by atoms with Gasteiger partial charge in [0.1, 0.15) is 0 Å². The molecule has 1 aromatic rings. The van der Waals surface area contributed by atoms with Crippen molar-refractivity contribution in [1.82, 2.24) is 14.5 Å². The van der Waals surface area contributed by atoms with Crippen molar-refractivity contribution in [3.05, 3.63) is 0 Å². The fraction of sp³-hybridized carbons (Fsp3) is 0.714. The maximum absolute atomic E-state index is 12.2. The van der Waals surface area contributed by atoms with E-state index in [0.717, 1.165) is 15.6 Å². The van der Waals surface area contributed by atoms with E-state index in [2.05, 4.69) is 10.2 Å². The fourth-order valence-electron chi connectivity index (χ4n) is 1.77. The highest BCUT2D eigenvalue weighted by Gasteiger charge is 2.38. The summed E-state index contributed by atoms with van der Waals surface area (Å²) >= 11 is 0.767. The van der Waals surface area contributed by atoms with Crippen molar-refractivity contribution in [3.8, 4) is 0 Å². The second-order valence-electron chi connectivity index (χ2n) is 3.99. The van der Waals surface area contributed by atoms with E-state index in [-0.39, 0.29) is 27.5 Å². The Balaban J connectivity index is 2.32. The molecule has 11 heteroatoms. The molecule has 102 valence electrons. The Kier molecular flexibility index (Phi) is 3.34. The van der Waals surface area contributed by atoms with Gasteiger partial charge in [-0.15, -0.1) is 10.2 Å². The van der Waals surface area contributed by atoms with Crippen molar-refractivity contribution in [2.45, 2.75) is 17.3 Å². The summed E-state index contributed by atoms with van der Waals surface area (Å²) < 4.78 is 48.2. The van der Waals surface area contributed by atoms with Gasteiger partial charge in [0, 0.05) is 12.6 Å². The lowest BCUT2D eigenvalue weighted by Crippen LogP contribution is -2.49. The number of sulfonamides is 1. The van der Waals surface area contributed by atoms with Crippen molar-refractivity contribution in [2.75, 3.05) is 23.8 Å². The molecule has 0 amide bonds. The largest absolute Gasteiger partial charge is 0.374 e. The fourth-order valence-corrected chi connectivity index (χ4v) is 6.06. The molecule has 1 fully saturated rings. The molecular formula is C7H12N4O4S3. The van der Waals surface area contributed by atoms with E-state index in [1.807, 2.05) is 0 Å². The smallest absolute Gasteiger partial charge is 0.272 e. The van der Waals surface area contributed by atoms with Gasteiger partial charge in [-0.1, -0.05) is 11.3 Å². The second kappa shape index (κ2) is 4.40. The minimum absolute atomic E-state index is 0.0610. The minimum Gasteiger partial charge on any atom is -0.374 e. The first-order valence-electron chi connectivity index (χ1n) is 5.03. The quantitative estimate of drug-likeness (QED) is 0.737. The van der Waals surface area contributed by atoms with Crippen LogP contribution in [0.3, 0.4) is 0 Å². The first kappa shape index (κ1) is 13.6. The topological polar surface area (TPSA) is 123 Å². The number of nitrogens with zero attached hydrogens (tertiary/aromatic N) is 3. The van der Waals surface area contributed by atoms with E-state index in [1.54, 1.807) is 6.92 Å². The zero-order valence-electron chi connectivity index (χ0n) is 9.48. The van der Waals surface area contributed by atoms with E-state index in [4.69, 9.17) is 5.73 Å². The molecule has 1 aliphatic heterocycles. The second-order valence-corrected chi connectivity index (χ2v) is 9.29. The molecule has 8 nitrogen and oxygen atoms in total. The van der Waals surface area contributed by atoms with Crippen LogP contribution in [0.1, 0.15) is 6.92 Å². The summed E-state index contributed by atoms with van der Waals surface area (Å²) in [4.78, 5) is 0. The molecule has 1 aromatic heterocycles. The highest BCUT2D eigenvalue weighted by Crippen LogP contribution is 2.25. The van der Waals surface area contributed by atoms with Crippen molar-refractivity contribution in [2.24, 2.45) is 0 Å². The molecule has 18 heavy (non-hydrogen) atoms. The van der Waals surface area contributed by atoms with Gasteiger partial charge in [-0.3, -0.25) is 0 Å². The summed E-state index contributed by atoms with van der Waals surface area (Å²) in [7, 11) is -6.97. The molecule has 0 aromatic carbocycles. The third-order valence-electron chi connectivity index (χ3n) is 2.56. The van der Waals surface area contributed by atoms with E-state index in [0.29, 0.717) is 0 Å². The summed E-state index contributed by atoms with van der Waals surface area (Å²) in [5, 5.41) is 7.01. The number of rotatable bonds is 2. The van der Waals surface area contributed by atoms with Crippen LogP contribution in [0.4, 0.5) is 5.13 Å². The van der Waals surface area contributed by atoms with Crippen molar-refractivity contribution < 1.29 is 16.8 Å².